The molecular weight excluding hydrogens is 234 g/mol. The van der Waals surface area contributed by atoms with Crippen molar-refractivity contribution in [3.8, 4) is 6.07 Å². The molecular formula is C13H15NO4. The van der Waals surface area contributed by atoms with Gasteiger partial charge in [0.2, 0.25) is 0 Å². The van der Waals surface area contributed by atoms with Gasteiger partial charge >= 0.3 is 5.97 Å². The molecule has 1 unspecified atom stereocenters. The van der Waals surface area contributed by atoms with Gasteiger partial charge in [0, 0.05) is 13.0 Å². The normalized spacial score (nSPS) is 23.2. The van der Waals surface area contributed by atoms with Crippen molar-refractivity contribution in [3.63, 3.8) is 0 Å². The summed E-state index contributed by atoms with van der Waals surface area (Å²) in [7, 11) is 1.21. The van der Waals surface area contributed by atoms with E-state index in [9.17, 15) is 9.90 Å². The smallest absolute Gasteiger partial charge is 0.348 e. The summed E-state index contributed by atoms with van der Waals surface area (Å²) in [5, 5.41) is 18.9. The molecule has 96 valence electrons. The standard InChI is InChI=1S/C13H15NO4/c1-3-18-13(16)6-4-5-10(8-13)7-11(9-14)12(15)17-2/h4-7,16H,3,8H2,1-2H3. The van der Waals surface area contributed by atoms with E-state index in [0.29, 0.717) is 12.2 Å². The van der Waals surface area contributed by atoms with Crippen LogP contribution in [-0.4, -0.2) is 30.6 Å². The molecule has 0 spiro atoms. The van der Waals surface area contributed by atoms with Gasteiger partial charge < -0.3 is 14.6 Å². The molecule has 1 rings (SSSR count). The molecule has 0 heterocycles. The second-order valence-electron chi connectivity index (χ2n) is 3.72. The molecule has 0 aromatic carbocycles. The van der Waals surface area contributed by atoms with Crippen LogP contribution in [0.1, 0.15) is 13.3 Å². The Morgan fingerprint density at radius 1 is 1.72 bits per heavy atom. The summed E-state index contributed by atoms with van der Waals surface area (Å²) in [6.07, 6.45) is 6.42. The number of nitrogens with zero attached hydrogens (tertiary/aromatic N) is 1. The van der Waals surface area contributed by atoms with Gasteiger partial charge in [0.1, 0.15) is 11.6 Å². The van der Waals surface area contributed by atoms with Crippen LogP contribution in [0.4, 0.5) is 0 Å². The minimum Gasteiger partial charge on any atom is -0.465 e. The molecule has 0 fully saturated rings. The van der Waals surface area contributed by atoms with Crippen molar-refractivity contribution in [3.05, 3.63) is 35.5 Å². The SMILES string of the molecule is CCOC1(O)C=CC=C(C=C(C#N)C(=O)OC)C1. The molecule has 0 radical (unpaired) electrons. The van der Waals surface area contributed by atoms with E-state index in [-0.39, 0.29) is 12.0 Å². The Balaban J connectivity index is 2.90. The van der Waals surface area contributed by atoms with Gasteiger partial charge in [-0.15, -0.1) is 0 Å². The van der Waals surface area contributed by atoms with E-state index in [2.05, 4.69) is 4.74 Å². The van der Waals surface area contributed by atoms with E-state index in [1.165, 1.54) is 19.3 Å². The molecule has 0 bridgehead atoms. The molecule has 5 heteroatoms. The Morgan fingerprint density at radius 2 is 2.44 bits per heavy atom. The monoisotopic (exact) mass is 249 g/mol. The predicted octanol–water partition coefficient (Wildman–Crippen LogP) is 1.22. The Kier molecular flexibility index (Phi) is 4.84. The maximum Gasteiger partial charge on any atom is 0.348 e. The Hall–Kier alpha value is -1.90. The first-order chi connectivity index (χ1) is 8.54. The molecule has 0 saturated heterocycles. The lowest BCUT2D eigenvalue weighted by atomic mass is 9.97. The largest absolute Gasteiger partial charge is 0.465 e. The molecule has 1 N–H and O–H groups in total. The second-order valence-corrected chi connectivity index (χ2v) is 3.72. The van der Waals surface area contributed by atoms with Crippen molar-refractivity contribution < 1.29 is 19.4 Å². The molecule has 18 heavy (non-hydrogen) atoms. The third-order valence-electron chi connectivity index (χ3n) is 2.37. The van der Waals surface area contributed by atoms with Crippen LogP contribution in [0.3, 0.4) is 0 Å². The minimum absolute atomic E-state index is 0.113. The van der Waals surface area contributed by atoms with Crippen molar-refractivity contribution >= 4 is 5.97 Å². The van der Waals surface area contributed by atoms with Crippen LogP contribution >= 0.6 is 0 Å². The Bertz CT molecular complexity index is 456. The topological polar surface area (TPSA) is 79.5 Å². The number of esters is 1. The maximum absolute atomic E-state index is 11.3. The molecule has 5 nitrogen and oxygen atoms in total. The molecule has 0 aromatic heterocycles. The van der Waals surface area contributed by atoms with Crippen LogP contribution in [-0.2, 0) is 14.3 Å². The summed E-state index contributed by atoms with van der Waals surface area (Å²) in [4.78, 5) is 11.3. The zero-order chi connectivity index (χ0) is 13.6. The zero-order valence-corrected chi connectivity index (χ0v) is 10.3. The van der Waals surface area contributed by atoms with E-state index in [0.717, 1.165) is 0 Å². The zero-order valence-electron chi connectivity index (χ0n) is 10.3. The number of rotatable bonds is 4. The van der Waals surface area contributed by atoms with Crippen LogP contribution in [0, 0.1) is 11.3 Å². The van der Waals surface area contributed by atoms with E-state index < -0.39 is 11.8 Å². The van der Waals surface area contributed by atoms with Gasteiger partial charge in [-0.3, -0.25) is 0 Å². The molecule has 1 aliphatic rings. The lowest BCUT2D eigenvalue weighted by Gasteiger charge is -2.27. The summed E-state index contributed by atoms with van der Waals surface area (Å²) in [6, 6.07) is 1.76. The van der Waals surface area contributed by atoms with Crippen LogP contribution in [0.25, 0.3) is 0 Å². The highest BCUT2D eigenvalue weighted by Crippen LogP contribution is 2.25. The number of methoxy groups -OCH3 is 1. The average molecular weight is 249 g/mol. The van der Waals surface area contributed by atoms with E-state index in [4.69, 9.17) is 10.00 Å². The van der Waals surface area contributed by atoms with Crippen molar-refractivity contribution in [2.24, 2.45) is 0 Å². The molecule has 0 aliphatic heterocycles. The van der Waals surface area contributed by atoms with E-state index in [1.54, 1.807) is 25.1 Å². The van der Waals surface area contributed by atoms with Gasteiger partial charge in [-0.1, -0.05) is 12.2 Å². The highest BCUT2D eigenvalue weighted by atomic mass is 16.6. The van der Waals surface area contributed by atoms with Gasteiger partial charge in [-0.2, -0.15) is 5.26 Å². The number of nitriles is 1. The quantitative estimate of drug-likeness (QED) is 0.351. The van der Waals surface area contributed by atoms with Crippen LogP contribution in [0.5, 0.6) is 0 Å². The first-order valence-electron chi connectivity index (χ1n) is 5.49. The van der Waals surface area contributed by atoms with Crippen molar-refractivity contribution in [2.45, 2.75) is 19.1 Å². The number of ether oxygens (including phenoxy) is 2. The van der Waals surface area contributed by atoms with Gasteiger partial charge in [0.15, 0.2) is 5.79 Å². The highest BCUT2D eigenvalue weighted by Gasteiger charge is 2.27. The van der Waals surface area contributed by atoms with Gasteiger partial charge in [0.25, 0.3) is 0 Å². The average Bonchev–Trinajstić information content (AvgIpc) is 2.35. The summed E-state index contributed by atoms with van der Waals surface area (Å²) >= 11 is 0. The fourth-order valence-electron chi connectivity index (χ4n) is 1.61. The van der Waals surface area contributed by atoms with Crippen LogP contribution in [0.15, 0.2) is 35.5 Å². The summed E-state index contributed by atoms with van der Waals surface area (Å²) in [5.41, 5.74) is 0.508. The molecule has 0 aromatic rings. The lowest BCUT2D eigenvalue weighted by molar-refractivity contribution is -0.162. The van der Waals surface area contributed by atoms with Gasteiger partial charge in [-0.25, -0.2) is 4.79 Å². The lowest BCUT2D eigenvalue weighted by Crippen LogP contribution is -2.31. The summed E-state index contributed by atoms with van der Waals surface area (Å²) < 4.78 is 9.68. The highest BCUT2D eigenvalue weighted by molar-refractivity contribution is 5.93. The van der Waals surface area contributed by atoms with Crippen molar-refractivity contribution in [1.82, 2.24) is 0 Å². The predicted molar refractivity (Wildman–Crippen MR) is 64.1 cm³/mol. The fraction of sp³-hybridized carbons (Fsp3) is 0.385. The summed E-state index contributed by atoms with van der Waals surface area (Å²) in [6.45, 7) is 2.13. The first kappa shape index (κ1) is 14.2. The summed E-state index contributed by atoms with van der Waals surface area (Å²) in [5.74, 6) is -2.08. The molecule has 0 saturated carbocycles. The Labute approximate surface area is 106 Å². The first-order valence-corrected chi connectivity index (χ1v) is 5.49. The van der Waals surface area contributed by atoms with Crippen molar-refractivity contribution in [2.75, 3.05) is 13.7 Å². The third kappa shape index (κ3) is 3.55. The number of carbonyl (C=O) groups is 1. The van der Waals surface area contributed by atoms with Gasteiger partial charge in [-0.05, 0) is 24.6 Å². The van der Waals surface area contributed by atoms with Crippen molar-refractivity contribution in [1.29, 1.82) is 5.26 Å². The Morgan fingerprint density at radius 3 is 3.00 bits per heavy atom. The molecule has 1 atom stereocenters. The molecule has 1 aliphatic carbocycles. The fourth-order valence-corrected chi connectivity index (χ4v) is 1.61. The van der Waals surface area contributed by atoms with E-state index >= 15 is 0 Å². The second kappa shape index (κ2) is 6.15. The van der Waals surface area contributed by atoms with Gasteiger partial charge in [0.05, 0.1) is 7.11 Å². The number of hydrogen-bond acceptors (Lipinski definition) is 5. The number of carbonyl (C=O) groups excluding carboxylic acids is 1. The third-order valence-corrected chi connectivity index (χ3v) is 2.37. The minimum atomic E-state index is -1.38. The van der Waals surface area contributed by atoms with E-state index in [1.807, 2.05) is 0 Å². The molecule has 0 amide bonds. The number of aliphatic hydroxyl groups is 1. The maximum atomic E-state index is 11.3. The number of allylic oxidation sites excluding steroid dienone is 3. The number of hydrogen-bond donors (Lipinski definition) is 1. The van der Waals surface area contributed by atoms with Crippen LogP contribution < -0.4 is 0 Å². The van der Waals surface area contributed by atoms with Crippen LogP contribution in [0.2, 0.25) is 0 Å².